The zero-order chi connectivity index (χ0) is 12.7. The lowest BCUT2D eigenvalue weighted by atomic mass is 10.2. The molecular weight excluding hydrogens is 254 g/mol. The van der Waals surface area contributed by atoms with E-state index in [1.54, 1.807) is 11.8 Å². The third-order valence-electron chi connectivity index (χ3n) is 2.29. The molecule has 0 unspecified atom stereocenters. The second-order valence-electron chi connectivity index (χ2n) is 4.21. The van der Waals surface area contributed by atoms with E-state index in [1.165, 1.54) is 10.5 Å². The predicted molar refractivity (Wildman–Crippen MR) is 75.9 cm³/mol. The normalized spacial score (nSPS) is 11.1. The molecule has 0 aliphatic carbocycles. The zero-order valence-corrected chi connectivity index (χ0v) is 11.9. The van der Waals surface area contributed by atoms with E-state index < -0.39 is 0 Å². The second kappa shape index (κ2) is 7.98. The highest BCUT2D eigenvalue weighted by Gasteiger charge is 2.05. The largest absolute Gasteiger partial charge is 0.396 e. The zero-order valence-electron chi connectivity index (χ0n) is 10.4. The maximum Gasteiger partial charge on any atom is 0.0439 e. The quantitative estimate of drug-likeness (QED) is 0.591. The number of rotatable bonds is 7. The Morgan fingerprint density at radius 1 is 1.41 bits per heavy atom. The molecular formula is C13H20ClNOS. The van der Waals surface area contributed by atoms with Crippen LogP contribution in [0.3, 0.4) is 0 Å². The Bertz CT molecular complexity index is 344. The van der Waals surface area contributed by atoms with Crippen molar-refractivity contribution in [3.63, 3.8) is 0 Å². The van der Waals surface area contributed by atoms with Crippen molar-refractivity contribution in [2.75, 3.05) is 12.4 Å². The minimum Gasteiger partial charge on any atom is -0.396 e. The maximum atomic E-state index is 8.79. The standard InChI is InChI=1S/C13H20ClNOS/c1-10(2)15-9-11-4-5-12(14)8-13(11)17-7-3-6-16/h4-5,8,10,15-16H,3,6-7,9H2,1-2H3. The lowest BCUT2D eigenvalue weighted by Gasteiger charge is -2.12. The van der Waals surface area contributed by atoms with Crippen molar-refractivity contribution in [3.8, 4) is 0 Å². The van der Waals surface area contributed by atoms with Crippen LogP contribution in [0.25, 0.3) is 0 Å². The molecule has 0 saturated carbocycles. The SMILES string of the molecule is CC(C)NCc1ccc(Cl)cc1SCCCO. The van der Waals surface area contributed by atoms with Gasteiger partial charge in [-0.2, -0.15) is 0 Å². The second-order valence-corrected chi connectivity index (χ2v) is 5.79. The number of benzene rings is 1. The third-order valence-corrected chi connectivity index (χ3v) is 3.71. The lowest BCUT2D eigenvalue weighted by Crippen LogP contribution is -2.22. The first kappa shape index (κ1) is 14.8. The van der Waals surface area contributed by atoms with Gasteiger partial charge in [-0.05, 0) is 24.1 Å². The first-order valence-corrected chi connectivity index (χ1v) is 7.25. The van der Waals surface area contributed by atoms with Gasteiger partial charge in [0.15, 0.2) is 0 Å². The van der Waals surface area contributed by atoms with Crippen molar-refractivity contribution < 1.29 is 5.11 Å². The molecule has 0 radical (unpaired) electrons. The van der Waals surface area contributed by atoms with E-state index in [1.807, 2.05) is 12.1 Å². The number of hydrogen-bond acceptors (Lipinski definition) is 3. The summed E-state index contributed by atoms with van der Waals surface area (Å²) in [5, 5.41) is 13.0. The molecule has 0 aliphatic heterocycles. The maximum absolute atomic E-state index is 8.79. The number of hydrogen-bond donors (Lipinski definition) is 2. The van der Waals surface area contributed by atoms with Crippen molar-refractivity contribution in [3.05, 3.63) is 28.8 Å². The van der Waals surface area contributed by atoms with Crippen molar-refractivity contribution in [2.45, 2.75) is 37.8 Å². The molecule has 0 spiro atoms. The summed E-state index contributed by atoms with van der Waals surface area (Å²) in [6, 6.07) is 6.47. The molecule has 96 valence electrons. The van der Waals surface area contributed by atoms with Crippen LogP contribution in [-0.4, -0.2) is 23.5 Å². The monoisotopic (exact) mass is 273 g/mol. The summed E-state index contributed by atoms with van der Waals surface area (Å²) in [5.41, 5.74) is 1.27. The van der Waals surface area contributed by atoms with E-state index in [0.717, 1.165) is 23.7 Å². The van der Waals surface area contributed by atoms with Gasteiger partial charge >= 0.3 is 0 Å². The van der Waals surface area contributed by atoms with Gasteiger partial charge in [0.25, 0.3) is 0 Å². The Balaban J connectivity index is 2.66. The average molecular weight is 274 g/mol. The molecule has 0 heterocycles. The Hall–Kier alpha value is -0.220. The van der Waals surface area contributed by atoms with Crippen molar-refractivity contribution in [1.29, 1.82) is 0 Å². The fraction of sp³-hybridized carbons (Fsp3) is 0.538. The molecule has 2 nitrogen and oxygen atoms in total. The van der Waals surface area contributed by atoms with Gasteiger partial charge in [0, 0.05) is 34.9 Å². The third kappa shape index (κ3) is 5.77. The van der Waals surface area contributed by atoms with Crippen LogP contribution in [0.2, 0.25) is 5.02 Å². The van der Waals surface area contributed by atoms with Gasteiger partial charge in [0.1, 0.15) is 0 Å². The van der Waals surface area contributed by atoms with Gasteiger partial charge < -0.3 is 10.4 Å². The van der Waals surface area contributed by atoms with E-state index in [2.05, 4.69) is 25.2 Å². The molecule has 1 aromatic rings. The molecule has 1 rings (SSSR count). The summed E-state index contributed by atoms with van der Waals surface area (Å²) in [7, 11) is 0. The number of aliphatic hydroxyl groups is 1. The van der Waals surface area contributed by atoms with E-state index in [-0.39, 0.29) is 6.61 Å². The first-order valence-electron chi connectivity index (χ1n) is 5.89. The Labute approximate surface area is 113 Å². The van der Waals surface area contributed by atoms with E-state index >= 15 is 0 Å². The van der Waals surface area contributed by atoms with Crippen molar-refractivity contribution >= 4 is 23.4 Å². The van der Waals surface area contributed by atoms with Crippen LogP contribution in [-0.2, 0) is 6.54 Å². The van der Waals surface area contributed by atoms with Gasteiger partial charge in [0.05, 0.1) is 0 Å². The predicted octanol–water partition coefficient (Wildman–Crippen LogP) is 3.31. The van der Waals surface area contributed by atoms with Crippen LogP contribution in [0.15, 0.2) is 23.1 Å². The van der Waals surface area contributed by atoms with Crippen molar-refractivity contribution in [2.24, 2.45) is 0 Å². The van der Waals surface area contributed by atoms with Crippen LogP contribution in [0, 0.1) is 0 Å². The molecule has 4 heteroatoms. The molecule has 0 fully saturated rings. The topological polar surface area (TPSA) is 32.3 Å². The van der Waals surface area contributed by atoms with Crippen LogP contribution in [0.5, 0.6) is 0 Å². The Morgan fingerprint density at radius 3 is 2.82 bits per heavy atom. The fourth-order valence-corrected chi connectivity index (χ4v) is 2.64. The van der Waals surface area contributed by atoms with Crippen LogP contribution < -0.4 is 5.32 Å². The first-order chi connectivity index (χ1) is 8.13. The van der Waals surface area contributed by atoms with Gasteiger partial charge in [-0.3, -0.25) is 0 Å². The minimum atomic E-state index is 0.243. The van der Waals surface area contributed by atoms with Crippen molar-refractivity contribution in [1.82, 2.24) is 5.32 Å². The Kier molecular flexibility index (Phi) is 6.97. The molecule has 0 atom stereocenters. The van der Waals surface area contributed by atoms with E-state index in [9.17, 15) is 0 Å². The molecule has 0 aliphatic rings. The van der Waals surface area contributed by atoms with Gasteiger partial charge in [0.2, 0.25) is 0 Å². The molecule has 0 bridgehead atoms. The number of thioether (sulfide) groups is 1. The van der Waals surface area contributed by atoms with Crippen LogP contribution in [0.1, 0.15) is 25.8 Å². The highest BCUT2D eigenvalue weighted by atomic mass is 35.5. The molecule has 2 N–H and O–H groups in total. The van der Waals surface area contributed by atoms with E-state index in [0.29, 0.717) is 6.04 Å². The number of halogens is 1. The molecule has 0 saturated heterocycles. The summed E-state index contributed by atoms with van der Waals surface area (Å²) in [5.74, 6) is 0.922. The Morgan fingerprint density at radius 2 is 2.18 bits per heavy atom. The number of nitrogens with one attached hydrogen (secondary N) is 1. The minimum absolute atomic E-state index is 0.243. The average Bonchev–Trinajstić information content (AvgIpc) is 2.28. The molecule has 0 amide bonds. The lowest BCUT2D eigenvalue weighted by molar-refractivity contribution is 0.296. The summed E-state index contributed by atoms with van der Waals surface area (Å²) >= 11 is 7.76. The fourth-order valence-electron chi connectivity index (χ4n) is 1.37. The molecule has 1 aromatic carbocycles. The summed E-state index contributed by atoms with van der Waals surface area (Å²) in [6.45, 7) is 5.37. The summed E-state index contributed by atoms with van der Waals surface area (Å²) in [4.78, 5) is 1.21. The number of aliphatic hydroxyl groups excluding tert-OH is 1. The van der Waals surface area contributed by atoms with Crippen LogP contribution >= 0.6 is 23.4 Å². The summed E-state index contributed by atoms with van der Waals surface area (Å²) in [6.07, 6.45) is 0.814. The smallest absolute Gasteiger partial charge is 0.0439 e. The molecule has 17 heavy (non-hydrogen) atoms. The van der Waals surface area contributed by atoms with Gasteiger partial charge in [-0.1, -0.05) is 31.5 Å². The van der Waals surface area contributed by atoms with Gasteiger partial charge in [-0.15, -0.1) is 11.8 Å². The van der Waals surface area contributed by atoms with Gasteiger partial charge in [-0.25, -0.2) is 0 Å². The molecule has 0 aromatic heterocycles. The highest BCUT2D eigenvalue weighted by molar-refractivity contribution is 7.99. The highest BCUT2D eigenvalue weighted by Crippen LogP contribution is 2.26. The van der Waals surface area contributed by atoms with Crippen LogP contribution in [0.4, 0.5) is 0 Å². The summed E-state index contributed by atoms with van der Waals surface area (Å²) < 4.78 is 0. The van der Waals surface area contributed by atoms with E-state index in [4.69, 9.17) is 16.7 Å².